The molecule has 3 nitrogen and oxygen atoms in total. The van der Waals surface area contributed by atoms with Crippen LogP contribution in [0.2, 0.25) is 0 Å². The molecule has 0 spiro atoms. The predicted octanol–water partition coefficient (Wildman–Crippen LogP) is 2.39. The molecular weight excluding hydrogens is 227 g/mol. The summed E-state index contributed by atoms with van der Waals surface area (Å²) in [5.41, 5.74) is 0.105. The number of nitrogens with one attached hydrogen (secondary N) is 1. The molecule has 0 saturated heterocycles. The van der Waals surface area contributed by atoms with Crippen LogP contribution in [-0.4, -0.2) is 17.9 Å². The molecule has 0 fully saturated rings. The van der Waals surface area contributed by atoms with E-state index in [0.29, 0.717) is 12.2 Å². The van der Waals surface area contributed by atoms with Gasteiger partial charge in [-0.1, -0.05) is 6.07 Å². The lowest BCUT2D eigenvalue weighted by molar-refractivity contribution is -0.115. The summed E-state index contributed by atoms with van der Waals surface area (Å²) in [7, 11) is 0. The third kappa shape index (κ3) is 3.24. The Hall–Kier alpha value is -1.54. The lowest BCUT2D eigenvalue weighted by atomic mass is 10.2. The van der Waals surface area contributed by atoms with Crippen LogP contribution in [0.4, 0.5) is 10.1 Å². The van der Waals surface area contributed by atoms with Gasteiger partial charge in [-0.3, -0.25) is 4.79 Å². The maximum Gasteiger partial charge on any atom is 0.225 e. The molecule has 0 heterocycles. The predicted molar refractivity (Wildman–Crippen MR) is 62.7 cm³/mol. The van der Waals surface area contributed by atoms with Crippen molar-refractivity contribution in [1.82, 2.24) is 0 Å². The normalized spacial score (nSPS) is 9.56. The van der Waals surface area contributed by atoms with Gasteiger partial charge >= 0.3 is 0 Å². The van der Waals surface area contributed by atoms with Crippen LogP contribution in [0, 0.1) is 17.1 Å². The van der Waals surface area contributed by atoms with E-state index in [1.807, 2.05) is 6.26 Å². The van der Waals surface area contributed by atoms with Gasteiger partial charge in [0.15, 0.2) is 0 Å². The van der Waals surface area contributed by atoms with Gasteiger partial charge in [-0.2, -0.15) is 17.0 Å². The van der Waals surface area contributed by atoms with Gasteiger partial charge in [0.2, 0.25) is 5.91 Å². The van der Waals surface area contributed by atoms with Gasteiger partial charge in [-0.15, -0.1) is 0 Å². The minimum absolute atomic E-state index is 0.125. The van der Waals surface area contributed by atoms with E-state index in [-0.39, 0.29) is 17.2 Å². The third-order valence-corrected chi connectivity index (χ3v) is 2.55. The van der Waals surface area contributed by atoms with Crippen LogP contribution < -0.4 is 5.32 Å². The van der Waals surface area contributed by atoms with E-state index in [2.05, 4.69) is 5.32 Å². The van der Waals surface area contributed by atoms with Crippen LogP contribution in [0.1, 0.15) is 12.0 Å². The van der Waals surface area contributed by atoms with Gasteiger partial charge in [0.05, 0.1) is 5.69 Å². The Labute approximate surface area is 97.6 Å². The molecular formula is C11H11FN2OS. The van der Waals surface area contributed by atoms with E-state index in [1.54, 1.807) is 17.8 Å². The fraction of sp³-hybridized carbons (Fsp3) is 0.273. The van der Waals surface area contributed by atoms with Gasteiger partial charge in [0.1, 0.15) is 17.4 Å². The summed E-state index contributed by atoms with van der Waals surface area (Å²) < 4.78 is 13.2. The molecule has 1 aromatic carbocycles. The number of carbonyl (C=O) groups excluding carboxylic acids is 1. The van der Waals surface area contributed by atoms with Crippen molar-refractivity contribution in [2.75, 3.05) is 17.3 Å². The molecule has 84 valence electrons. The molecule has 0 saturated carbocycles. The van der Waals surface area contributed by atoms with Crippen molar-refractivity contribution in [1.29, 1.82) is 5.26 Å². The zero-order valence-electron chi connectivity index (χ0n) is 8.79. The van der Waals surface area contributed by atoms with Crippen LogP contribution in [-0.2, 0) is 4.79 Å². The Balaban J connectivity index is 2.78. The lowest BCUT2D eigenvalue weighted by Gasteiger charge is -2.06. The first-order valence-corrected chi connectivity index (χ1v) is 6.06. The fourth-order valence-electron chi connectivity index (χ4n) is 1.15. The molecule has 5 heteroatoms. The molecule has 0 aliphatic heterocycles. The van der Waals surface area contributed by atoms with Crippen LogP contribution in [0.3, 0.4) is 0 Å². The van der Waals surface area contributed by atoms with Gasteiger partial charge in [-0.05, 0) is 18.4 Å². The SMILES string of the molecule is CSCCC(=O)Nc1cccc(F)c1C#N. The summed E-state index contributed by atoms with van der Waals surface area (Å²) in [5.74, 6) is -0.134. The van der Waals surface area contributed by atoms with E-state index in [4.69, 9.17) is 5.26 Å². The number of amides is 1. The van der Waals surface area contributed by atoms with Gasteiger partial charge < -0.3 is 5.32 Å². The molecule has 1 aromatic rings. The average molecular weight is 238 g/mol. The summed E-state index contributed by atoms with van der Waals surface area (Å²) in [6, 6.07) is 5.89. The molecule has 0 radical (unpaired) electrons. The van der Waals surface area contributed by atoms with Gasteiger partial charge in [0.25, 0.3) is 0 Å². The summed E-state index contributed by atoms with van der Waals surface area (Å²) >= 11 is 1.55. The minimum Gasteiger partial charge on any atom is -0.325 e. The minimum atomic E-state index is -0.620. The van der Waals surface area contributed by atoms with E-state index < -0.39 is 5.82 Å². The fourth-order valence-corrected chi connectivity index (χ4v) is 1.54. The van der Waals surface area contributed by atoms with Crippen molar-refractivity contribution in [2.24, 2.45) is 0 Å². The second-order valence-electron chi connectivity index (χ2n) is 3.07. The first kappa shape index (κ1) is 12.5. The second kappa shape index (κ2) is 6.13. The molecule has 0 aromatic heterocycles. The number of rotatable bonds is 4. The van der Waals surface area contributed by atoms with E-state index in [1.165, 1.54) is 18.2 Å². The zero-order valence-corrected chi connectivity index (χ0v) is 9.60. The standard InChI is InChI=1S/C11H11FN2OS/c1-16-6-5-11(15)14-10-4-2-3-9(12)8(10)7-13/h2-4H,5-6H2,1H3,(H,14,15). The highest BCUT2D eigenvalue weighted by Gasteiger charge is 2.09. The maximum absolute atomic E-state index is 13.2. The Morgan fingerprint density at radius 3 is 3.00 bits per heavy atom. The lowest BCUT2D eigenvalue weighted by Crippen LogP contribution is -2.13. The highest BCUT2D eigenvalue weighted by molar-refractivity contribution is 7.98. The average Bonchev–Trinajstić information content (AvgIpc) is 2.27. The first-order valence-electron chi connectivity index (χ1n) is 4.66. The van der Waals surface area contributed by atoms with Crippen molar-refractivity contribution in [3.8, 4) is 6.07 Å². The maximum atomic E-state index is 13.2. The van der Waals surface area contributed by atoms with Crippen molar-refractivity contribution >= 4 is 23.4 Å². The van der Waals surface area contributed by atoms with E-state index in [9.17, 15) is 9.18 Å². The van der Waals surface area contributed by atoms with Crippen molar-refractivity contribution in [3.63, 3.8) is 0 Å². The Morgan fingerprint density at radius 1 is 1.62 bits per heavy atom. The smallest absolute Gasteiger partial charge is 0.225 e. The molecule has 0 atom stereocenters. The topological polar surface area (TPSA) is 52.9 Å². The number of carbonyl (C=O) groups is 1. The molecule has 0 unspecified atom stereocenters. The molecule has 0 bridgehead atoms. The van der Waals surface area contributed by atoms with Crippen LogP contribution in [0.5, 0.6) is 0 Å². The summed E-state index contributed by atoms with van der Waals surface area (Å²) in [6.45, 7) is 0. The molecule has 1 rings (SSSR count). The highest BCUT2D eigenvalue weighted by atomic mass is 32.2. The number of halogens is 1. The zero-order chi connectivity index (χ0) is 12.0. The number of hydrogen-bond acceptors (Lipinski definition) is 3. The second-order valence-corrected chi connectivity index (χ2v) is 4.05. The Kier molecular flexibility index (Phi) is 4.80. The van der Waals surface area contributed by atoms with Gasteiger partial charge in [-0.25, -0.2) is 4.39 Å². The van der Waals surface area contributed by atoms with Gasteiger partial charge in [0, 0.05) is 12.2 Å². The van der Waals surface area contributed by atoms with E-state index >= 15 is 0 Å². The summed E-state index contributed by atoms with van der Waals surface area (Å²) in [4.78, 5) is 11.4. The number of nitriles is 1. The number of hydrogen-bond donors (Lipinski definition) is 1. The van der Waals surface area contributed by atoms with E-state index in [0.717, 1.165) is 0 Å². The van der Waals surface area contributed by atoms with Crippen molar-refractivity contribution < 1.29 is 9.18 Å². The molecule has 0 aliphatic carbocycles. The number of benzene rings is 1. The first-order chi connectivity index (χ1) is 7.69. The molecule has 1 amide bonds. The molecule has 16 heavy (non-hydrogen) atoms. The Morgan fingerprint density at radius 2 is 2.38 bits per heavy atom. The monoisotopic (exact) mass is 238 g/mol. The highest BCUT2D eigenvalue weighted by Crippen LogP contribution is 2.17. The number of anilines is 1. The van der Waals surface area contributed by atoms with Crippen molar-refractivity contribution in [3.05, 3.63) is 29.6 Å². The molecule has 0 aliphatic rings. The van der Waals surface area contributed by atoms with Crippen LogP contribution in [0.25, 0.3) is 0 Å². The Bertz CT molecular complexity index is 428. The largest absolute Gasteiger partial charge is 0.325 e. The van der Waals surface area contributed by atoms with Crippen LogP contribution in [0.15, 0.2) is 18.2 Å². The van der Waals surface area contributed by atoms with Crippen LogP contribution >= 0.6 is 11.8 Å². The summed E-state index contributed by atoms with van der Waals surface area (Å²) in [5, 5.41) is 11.3. The quantitative estimate of drug-likeness (QED) is 0.876. The molecule has 1 N–H and O–H groups in total. The third-order valence-electron chi connectivity index (χ3n) is 1.93. The summed E-state index contributed by atoms with van der Waals surface area (Å²) in [6.07, 6.45) is 2.25. The van der Waals surface area contributed by atoms with Crippen molar-refractivity contribution in [2.45, 2.75) is 6.42 Å². The number of nitrogens with zero attached hydrogens (tertiary/aromatic N) is 1. The number of thioether (sulfide) groups is 1.